The monoisotopic (exact) mass is 591 g/mol. The molecule has 2 bridgehead atoms. The van der Waals surface area contributed by atoms with Crippen LogP contribution in [0.4, 0.5) is 0 Å². The fraction of sp³-hybridized carbons (Fsp3) is 0.590. The van der Waals surface area contributed by atoms with Crippen LogP contribution >= 0.6 is 0 Å². The average Bonchev–Trinajstić information content (AvgIpc) is 3.46. The van der Waals surface area contributed by atoms with Gasteiger partial charge >= 0.3 is 11.9 Å². The van der Waals surface area contributed by atoms with Crippen molar-refractivity contribution in [3.05, 3.63) is 70.0 Å². The fourth-order valence-electron chi connectivity index (χ4n) is 11.2. The van der Waals surface area contributed by atoms with Crippen LogP contribution in [0.1, 0.15) is 100 Å². The molecule has 1 aromatic rings. The van der Waals surface area contributed by atoms with Crippen LogP contribution in [0.15, 0.2) is 53.3 Å². The van der Waals surface area contributed by atoms with Gasteiger partial charge in [-0.05, 0) is 92.9 Å². The number of hydrogen-bond acceptors (Lipinski definition) is 5. The first kappa shape index (κ1) is 28.4. The first-order chi connectivity index (χ1) is 21.4. The zero-order valence-electron chi connectivity index (χ0n) is 26.4. The number of rotatable bonds is 5. The number of nitrogens with two attached hydrogens (primary N) is 1. The molecule has 2 aliphatic heterocycles. The Bertz CT molecular complexity index is 1600. The number of aryl methyl sites for hydroxylation is 1. The minimum absolute atomic E-state index is 0.00768. The Hall–Kier alpha value is -3.10. The third-order valence-corrected chi connectivity index (χ3v) is 12.8. The van der Waals surface area contributed by atoms with Crippen molar-refractivity contribution >= 4 is 11.9 Å². The molecule has 5 heteroatoms. The van der Waals surface area contributed by atoms with Crippen molar-refractivity contribution in [3.63, 3.8) is 0 Å². The predicted octanol–water partition coefficient (Wildman–Crippen LogP) is 7.16. The summed E-state index contributed by atoms with van der Waals surface area (Å²) in [4.78, 5) is 29.0. The van der Waals surface area contributed by atoms with Crippen molar-refractivity contribution in [2.24, 2.45) is 52.1 Å². The number of carbonyl (C=O) groups is 2. The highest BCUT2D eigenvalue weighted by atomic mass is 16.6. The summed E-state index contributed by atoms with van der Waals surface area (Å²) in [5.41, 5.74) is 8.64. The van der Waals surface area contributed by atoms with E-state index in [9.17, 15) is 9.59 Å². The van der Waals surface area contributed by atoms with E-state index in [-0.39, 0.29) is 23.8 Å². The van der Waals surface area contributed by atoms with Crippen LogP contribution in [0.2, 0.25) is 0 Å². The van der Waals surface area contributed by atoms with Crippen LogP contribution < -0.4 is 5.73 Å². The van der Waals surface area contributed by atoms with Crippen LogP contribution in [-0.4, -0.2) is 18.5 Å². The van der Waals surface area contributed by atoms with Crippen LogP contribution in [0.3, 0.4) is 0 Å². The lowest BCUT2D eigenvalue weighted by molar-refractivity contribution is -0.280. The van der Waals surface area contributed by atoms with Gasteiger partial charge in [-0.15, -0.1) is 5.92 Å². The van der Waals surface area contributed by atoms with Gasteiger partial charge in [-0.3, -0.25) is 4.79 Å². The van der Waals surface area contributed by atoms with Crippen molar-refractivity contribution in [1.82, 2.24) is 0 Å². The van der Waals surface area contributed by atoms with Crippen LogP contribution in [0.5, 0.6) is 0 Å². The molecule has 2 heterocycles. The highest BCUT2D eigenvalue weighted by Gasteiger charge is 2.93. The van der Waals surface area contributed by atoms with Gasteiger partial charge in [-0.25, -0.2) is 4.79 Å². The van der Waals surface area contributed by atoms with Gasteiger partial charge in [-0.2, -0.15) is 0 Å². The molecular formula is C39H45NO4. The largest absolute Gasteiger partial charge is 0.449 e. The second-order valence-corrected chi connectivity index (χ2v) is 14.8. The third-order valence-electron chi connectivity index (χ3n) is 12.8. The van der Waals surface area contributed by atoms with E-state index in [0.29, 0.717) is 42.2 Å². The second kappa shape index (κ2) is 9.95. The Morgan fingerprint density at radius 2 is 2.02 bits per heavy atom. The molecular weight excluding hydrogens is 546 g/mol. The summed E-state index contributed by atoms with van der Waals surface area (Å²) in [7, 11) is 0. The number of allylic oxidation sites excluding steroid dienone is 4. The molecule has 2 spiro atoms. The number of hydrogen-bond donors (Lipinski definition) is 1. The van der Waals surface area contributed by atoms with E-state index in [4.69, 9.17) is 15.2 Å². The van der Waals surface area contributed by atoms with Gasteiger partial charge in [0.05, 0.1) is 11.0 Å². The molecule has 5 aliphatic carbocycles. The maximum absolute atomic E-state index is 14.9. The summed E-state index contributed by atoms with van der Waals surface area (Å²) in [6, 6.07) is 6.23. The van der Waals surface area contributed by atoms with Crippen molar-refractivity contribution in [2.45, 2.75) is 90.6 Å². The molecule has 1 aromatic carbocycles. The van der Waals surface area contributed by atoms with E-state index in [1.807, 2.05) is 6.07 Å². The first-order valence-corrected chi connectivity index (χ1v) is 17.2. The molecule has 0 aromatic heterocycles. The number of ether oxygens (including phenoxy) is 2. The van der Waals surface area contributed by atoms with Gasteiger partial charge in [0.1, 0.15) is 11.2 Å². The van der Waals surface area contributed by atoms with Crippen molar-refractivity contribution in [1.29, 1.82) is 0 Å². The first-order valence-electron chi connectivity index (χ1n) is 17.2. The summed E-state index contributed by atoms with van der Waals surface area (Å²) in [5, 5.41) is 0. The molecule has 0 unspecified atom stereocenters. The minimum atomic E-state index is -0.959. The molecule has 2 N–H and O–H groups in total. The molecule has 1 saturated heterocycles. The molecule has 5 nitrogen and oxygen atoms in total. The quantitative estimate of drug-likeness (QED) is 0.223. The van der Waals surface area contributed by atoms with Crippen molar-refractivity contribution in [2.75, 3.05) is 6.54 Å². The maximum atomic E-state index is 14.9. The summed E-state index contributed by atoms with van der Waals surface area (Å²) in [6.07, 6.45) is 15.5. The van der Waals surface area contributed by atoms with Crippen LogP contribution in [0.25, 0.3) is 0 Å². The lowest BCUT2D eigenvalue weighted by Crippen LogP contribution is -2.77. The number of benzene rings is 1. The Labute approximate surface area is 261 Å². The predicted molar refractivity (Wildman–Crippen MR) is 169 cm³/mol. The standard InChI is InChI=1S/C39H45NO4/c1-4-9-31-38-29-19-18-27-24(3)11-6-15-28(27)33(29)26-13-5-10-23(2)17-20-32(43-36(38)42)37(38,22-26)39(31)30-16-7-12-25(14-8-21-40)34(30)35(41)44-39/h6-7,12,15-16,20,23-24,26-28,31H,4,8-11,14,17-19,21-22,40H2,1-3H3/b32-20-/t23-,24-,26+,27-,28+,31+,37-,38+,39-/m1/s1. The molecule has 9 atom stereocenters. The summed E-state index contributed by atoms with van der Waals surface area (Å²) >= 11 is 0. The molecule has 230 valence electrons. The zero-order chi connectivity index (χ0) is 30.4. The van der Waals surface area contributed by atoms with E-state index in [1.54, 1.807) is 0 Å². The zero-order valence-corrected chi connectivity index (χ0v) is 26.4. The Balaban J connectivity index is 1.44. The fourth-order valence-corrected chi connectivity index (χ4v) is 11.2. The minimum Gasteiger partial charge on any atom is -0.449 e. The Morgan fingerprint density at radius 1 is 1.16 bits per heavy atom. The van der Waals surface area contributed by atoms with E-state index >= 15 is 0 Å². The van der Waals surface area contributed by atoms with Gasteiger partial charge in [0.15, 0.2) is 5.60 Å². The number of carbonyl (C=O) groups excluding carboxylic acids is 2. The Kier molecular flexibility index (Phi) is 6.42. The van der Waals surface area contributed by atoms with E-state index in [2.05, 4.69) is 63.0 Å². The van der Waals surface area contributed by atoms with Crippen molar-refractivity contribution < 1.29 is 19.1 Å². The topological polar surface area (TPSA) is 78.6 Å². The SMILES string of the molecule is CCC[C@H]1[C@@]23C(=O)O/C4=C\C[C@H](C)CC#C[C@@H](C[C@@]42[C@]12OC(=O)c1c(CCCN)cccc12)C1=C3CC[C@@H]2[C@H](C)CC=C[C@H]12. The highest BCUT2D eigenvalue weighted by molar-refractivity contribution is 6.00. The van der Waals surface area contributed by atoms with Crippen molar-refractivity contribution in [3.8, 4) is 11.8 Å². The highest BCUT2D eigenvalue weighted by Crippen LogP contribution is 2.87. The summed E-state index contributed by atoms with van der Waals surface area (Å²) in [5.74, 6) is 9.39. The van der Waals surface area contributed by atoms with E-state index < -0.39 is 16.4 Å². The normalized spacial score (nSPS) is 42.0. The Morgan fingerprint density at radius 3 is 2.84 bits per heavy atom. The summed E-state index contributed by atoms with van der Waals surface area (Å²) < 4.78 is 13.5. The summed E-state index contributed by atoms with van der Waals surface area (Å²) in [6.45, 7) is 7.36. The molecule has 2 fully saturated rings. The lowest BCUT2D eigenvalue weighted by Gasteiger charge is -2.72. The van der Waals surface area contributed by atoms with Gasteiger partial charge < -0.3 is 15.2 Å². The van der Waals surface area contributed by atoms with Gasteiger partial charge in [0.25, 0.3) is 0 Å². The average molecular weight is 592 g/mol. The van der Waals surface area contributed by atoms with Gasteiger partial charge in [0.2, 0.25) is 0 Å². The van der Waals surface area contributed by atoms with Crippen LogP contribution in [0, 0.1) is 58.2 Å². The third kappa shape index (κ3) is 3.21. The molecule has 7 aliphatic rings. The molecule has 0 radical (unpaired) electrons. The molecule has 44 heavy (non-hydrogen) atoms. The lowest BCUT2D eigenvalue weighted by atomic mass is 9.28. The second-order valence-electron chi connectivity index (χ2n) is 14.8. The van der Waals surface area contributed by atoms with Gasteiger partial charge in [0, 0.05) is 29.7 Å². The van der Waals surface area contributed by atoms with E-state index in [1.165, 1.54) is 11.1 Å². The smallest absolute Gasteiger partial charge is 0.339 e. The van der Waals surface area contributed by atoms with Crippen LogP contribution in [-0.2, 0) is 26.3 Å². The maximum Gasteiger partial charge on any atom is 0.339 e. The molecule has 0 amide bonds. The molecule has 8 rings (SSSR count). The van der Waals surface area contributed by atoms with E-state index in [0.717, 1.165) is 74.7 Å². The number of esters is 2. The van der Waals surface area contributed by atoms with Gasteiger partial charge in [-0.1, -0.05) is 69.0 Å². The molecule has 1 saturated carbocycles. The number of fused-ring (bicyclic) bond motifs is 6.